The highest BCUT2D eigenvalue weighted by molar-refractivity contribution is 7.99. The van der Waals surface area contributed by atoms with Crippen LogP contribution in [0.25, 0.3) is 0 Å². The lowest BCUT2D eigenvalue weighted by Gasteiger charge is -2.25. The molecule has 0 aliphatic carbocycles. The summed E-state index contributed by atoms with van der Waals surface area (Å²) < 4.78 is 0. The van der Waals surface area contributed by atoms with Crippen LogP contribution in [0.3, 0.4) is 0 Å². The molecule has 4 nitrogen and oxygen atoms in total. The molecular weight excluding hydrogens is 270 g/mol. The Morgan fingerprint density at radius 3 is 2.70 bits per heavy atom. The van der Waals surface area contributed by atoms with Gasteiger partial charge >= 0.3 is 0 Å². The third-order valence-corrected chi connectivity index (χ3v) is 4.79. The molecule has 20 heavy (non-hydrogen) atoms. The van der Waals surface area contributed by atoms with Crippen molar-refractivity contribution in [2.24, 2.45) is 16.8 Å². The molecule has 1 aliphatic heterocycles. The summed E-state index contributed by atoms with van der Waals surface area (Å²) in [6.45, 7) is 0.999. The van der Waals surface area contributed by atoms with E-state index in [-0.39, 0.29) is 11.9 Å². The maximum Gasteiger partial charge on any atom is 0.141 e. The van der Waals surface area contributed by atoms with Gasteiger partial charge in [0, 0.05) is 12.5 Å². The smallest absolute Gasteiger partial charge is 0.141 e. The first-order valence-corrected chi connectivity index (χ1v) is 8.27. The van der Waals surface area contributed by atoms with E-state index in [2.05, 4.69) is 22.6 Å². The molecule has 1 fully saturated rings. The molecule has 110 valence electrons. The highest BCUT2D eigenvalue weighted by Crippen LogP contribution is 2.23. The van der Waals surface area contributed by atoms with Gasteiger partial charge in [-0.3, -0.25) is 0 Å². The number of hydrogen-bond acceptors (Lipinski definition) is 4. The molecule has 4 N–H and O–H groups in total. The topological polar surface area (TPSA) is 70.6 Å². The van der Waals surface area contributed by atoms with E-state index in [0.29, 0.717) is 6.42 Å². The van der Waals surface area contributed by atoms with Crippen LogP contribution in [0, 0.1) is 5.92 Å². The van der Waals surface area contributed by atoms with Crippen LogP contribution in [0.15, 0.2) is 35.5 Å². The lowest BCUT2D eigenvalue weighted by Crippen LogP contribution is -2.32. The fourth-order valence-electron chi connectivity index (χ4n) is 2.50. The monoisotopic (exact) mass is 293 g/mol. The molecule has 1 aromatic carbocycles. The molecule has 0 radical (unpaired) electrons. The number of amidine groups is 1. The van der Waals surface area contributed by atoms with Crippen LogP contribution in [-0.2, 0) is 0 Å². The zero-order chi connectivity index (χ0) is 14.2. The second kappa shape index (κ2) is 8.17. The number of nitrogens with zero attached hydrogens (tertiary/aromatic N) is 1. The number of oxime groups is 1. The first-order valence-electron chi connectivity index (χ1n) is 7.12. The molecule has 1 aliphatic rings. The van der Waals surface area contributed by atoms with Crippen molar-refractivity contribution >= 4 is 17.6 Å². The van der Waals surface area contributed by atoms with Crippen molar-refractivity contribution in [3.63, 3.8) is 0 Å². The van der Waals surface area contributed by atoms with E-state index < -0.39 is 0 Å². The van der Waals surface area contributed by atoms with Crippen LogP contribution >= 0.6 is 11.8 Å². The fourth-order valence-corrected chi connectivity index (χ4v) is 3.71. The Morgan fingerprint density at radius 1 is 1.35 bits per heavy atom. The Morgan fingerprint density at radius 2 is 2.05 bits per heavy atom. The predicted octanol–water partition coefficient (Wildman–Crippen LogP) is 2.60. The van der Waals surface area contributed by atoms with Gasteiger partial charge in [-0.05, 0) is 42.4 Å². The highest BCUT2D eigenvalue weighted by atomic mass is 32.2. The summed E-state index contributed by atoms with van der Waals surface area (Å²) in [6, 6.07) is 10.3. The van der Waals surface area contributed by atoms with Crippen molar-refractivity contribution in [3.8, 4) is 0 Å². The van der Waals surface area contributed by atoms with Gasteiger partial charge in [0.1, 0.15) is 5.84 Å². The van der Waals surface area contributed by atoms with E-state index in [4.69, 9.17) is 10.9 Å². The summed E-state index contributed by atoms with van der Waals surface area (Å²) in [5.41, 5.74) is 6.86. The molecule has 1 atom stereocenters. The Bertz CT molecular complexity index is 418. The first kappa shape index (κ1) is 15.2. The van der Waals surface area contributed by atoms with Crippen LogP contribution in [0.1, 0.15) is 30.9 Å². The van der Waals surface area contributed by atoms with E-state index in [1.807, 2.05) is 30.0 Å². The van der Waals surface area contributed by atoms with E-state index in [9.17, 15) is 0 Å². The predicted molar refractivity (Wildman–Crippen MR) is 85.3 cm³/mol. The van der Waals surface area contributed by atoms with Gasteiger partial charge in [-0.2, -0.15) is 11.8 Å². The number of thioether (sulfide) groups is 1. The number of nitrogens with one attached hydrogen (secondary N) is 1. The molecular formula is C15H23N3OS. The number of nitrogens with two attached hydrogens (primary N) is 1. The third-order valence-electron chi connectivity index (χ3n) is 3.74. The zero-order valence-electron chi connectivity index (χ0n) is 11.7. The normalized spacial score (nSPS) is 18.9. The fraction of sp³-hybridized carbons (Fsp3) is 0.533. The highest BCUT2D eigenvalue weighted by Gasteiger charge is 2.18. The van der Waals surface area contributed by atoms with Crippen LogP contribution in [-0.4, -0.2) is 29.1 Å². The average molecular weight is 293 g/mol. The molecule has 0 amide bonds. The van der Waals surface area contributed by atoms with Gasteiger partial charge in [-0.1, -0.05) is 35.5 Å². The summed E-state index contributed by atoms with van der Waals surface area (Å²) in [7, 11) is 0. The van der Waals surface area contributed by atoms with Crippen molar-refractivity contribution in [1.29, 1.82) is 0 Å². The lowest BCUT2D eigenvalue weighted by molar-refractivity contribution is 0.315. The van der Waals surface area contributed by atoms with Crippen LogP contribution in [0.4, 0.5) is 0 Å². The second-order valence-corrected chi connectivity index (χ2v) is 6.45. The van der Waals surface area contributed by atoms with Crippen molar-refractivity contribution < 1.29 is 5.21 Å². The van der Waals surface area contributed by atoms with Gasteiger partial charge in [0.15, 0.2) is 0 Å². The molecule has 0 aromatic heterocycles. The first-order chi connectivity index (χ1) is 9.79. The minimum atomic E-state index is 0.113. The third kappa shape index (κ3) is 4.72. The summed E-state index contributed by atoms with van der Waals surface area (Å²) in [4.78, 5) is 0. The summed E-state index contributed by atoms with van der Waals surface area (Å²) >= 11 is 2.04. The molecule has 1 unspecified atom stereocenters. The largest absolute Gasteiger partial charge is 0.409 e. The minimum absolute atomic E-state index is 0.113. The van der Waals surface area contributed by atoms with Crippen LogP contribution in [0.5, 0.6) is 0 Å². The molecule has 2 rings (SSSR count). The minimum Gasteiger partial charge on any atom is -0.409 e. The number of benzene rings is 1. The zero-order valence-corrected chi connectivity index (χ0v) is 12.5. The van der Waals surface area contributed by atoms with Crippen LogP contribution < -0.4 is 11.1 Å². The number of hydrogen-bond donors (Lipinski definition) is 3. The van der Waals surface area contributed by atoms with E-state index in [0.717, 1.165) is 12.5 Å². The van der Waals surface area contributed by atoms with Crippen LogP contribution in [0.2, 0.25) is 0 Å². The van der Waals surface area contributed by atoms with Gasteiger partial charge < -0.3 is 16.3 Å². The van der Waals surface area contributed by atoms with Gasteiger partial charge in [-0.25, -0.2) is 0 Å². The number of rotatable bonds is 6. The Kier molecular flexibility index (Phi) is 6.21. The van der Waals surface area contributed by atoms with Gasteiger partial charge in [0.2, 0.25) is 0 Å². The SMILES string of the molecule is N/C(CC(NCC1CCSCC1)c1ccccc1)=N/O. The Hall–Kier alpha value is -1.20. The Balaban J connectivity index is 1.95. The van der Waals surface area contributed by atoms with Gasteiger partial charge in [-0.15, -0.1) is 0 Å². The molecule has 1 aromatic rings. The summed E-state index contributed by atoms with van der Waals surface area (Å²) in [5, 5.41) is 15.5. The lowest BCUT2D eigenvalue weighted by atomic mass is 9.99. The van der Waals surface area contributed by atoms with Gasteiger partial charge in [0.25, 0.3) is 0 Å². The molecule has 5 heteroatoms. The summed E-state index contributed by atoms with van der Waals surface area (Å²) in [6.07, 6.45) is 3.09. The maximum atomic E-state index is 8.78. The molecule has 1 heterocycles. The van der Waals surface area contributed by atoms with E-state index in [1.54, 1.807) is 0 Å². The van der Waals surface area contributed by atoms with E-state index in [1.165, 1.54) is 29.9 Å². The van der Waals surface area contributed by atoms with Crippen molar-refractivity contribution in [1.82, 2.24) is 5.32 Å². The van der Waals surface area contributed by atoms with E-state index >= 15 is 0 Å². The maximum absolute atomic E-state index is 8.78. The average Bonchev–Trinajstić information content (AvgIpc) is 2.53. The molecule has 0 saturated carbocycles. The summed E-state index contributed by atoms with van der Waals surface area (Å²) in [5.74, 6) is 3.55. The Labute approximate surface area is 124 Å². The van der Waals surface area contributed by atoms with Crippen molar-refractivity contribution in [2.45, 2.75) is 25.3 Å². The van der Waals surface area contributed by atoms with Crippen molar-refractivity contribution in [3.05, 3.63) is 35.9 Å². The molecule has 0 spiro atoms. The second-order valence-electron chi connectivity index (χ2n) is 5.22. The molecule has 1 saturated heterocycles. The quantitative estimate of drug-likeness (QED) is 0.326. The molecule has 0 bridgehead atoms. The standard InChI is InChI=1S/C15H23N3OS/c16-15(18-19)10-14(13-4-2-1-3-5-13)17-11-12-6-8-20-9-7-12/h1-5,12,14,17,19H,6-11H2,(H2,16,18). The van der Waals surface area contributed by atoms with Gasteiger partial charge in [0.05, 0.1) is 0 Å². The van der Waals surface area contributed by atoms with Crippen molar-refractivity contribution in [2.75, 3.05) is 18.1 Å².